The van der Waals surface area contributed by atoms with Crippen molar-refractivity contribution in [3.63, 3.8) is 0 Å². The van der Waals surface area contributed by atoms with Crippen molar-refractivity contribution in [1.82, 2.24) is 4.98 Å². The first-order chi connectivity index (χ1) is 9.82. The average Bonchev–Trinajstić information content (AvgIpc) is 2.82. The Morgan fingerprint density at radius 2 is 1.67 bits per heavy atom. The number of hydrogen-bond acceptors (Lipinski definition) is 4. The number of nitrogens with two attached hydrogens (primary N) is 1. The number of aromatic nitrogens is 1. The summed E-state index contributed by atoms with van der Waals surface area (Å²) in [6.07, 6.45) is 2.16. The molecular formula is C13H14N2O6. The lowest BCUT2D eigenvalue weighted by atomic mass is 10.1. The van der Waals surface area contributed by atoms with Crippen LogP contribution in [0.2, 0.25) is 0 Å². The van der Waals surface area contributed by atoms with Gasteiger partial charge in [0.05, 0.1) is 0 Å². The molecule has 0 saturated heterocycles. The molecule has 2 aromatic rings. The van der Waals surface area contributed by atoms with Gasteiger partial charge in [0.15, 0.2) is 0 Å². The Balaban J connectivity index is 0.000000315. The van der Waals surface area contributed by atoms with Crippen LogP contribution in [0.1, 0.15) is 5.56 Å². The van der Waals surface area contributed by atoms with Crippen molar-refractivity contribution in [2.45, 2.75) is 12.5 Å². The van der Waals surface area contributed by atoms with Crippen LogP contribution in [-0.2, 0) is 20.8 Å². The maximum Gasteiger partial charge on any atom is 0.414 e. The second kappa shape index (κ2) is 7.06. The highest BCUT2D eigenvalue weighted by Crippen LogP contribution is 2.18. The van der Waals surface area contributed by atoms with E-state index in [0.717, 1.165) is 16.5 Å². The Kier molecular flexibility index (Phi) is 5.44. The number of fused-ring (bicyclic) bond motifs is 1. The number of para-hydroxylation sites is 1. The van der Waals surface area contributed by atoms with Gasteiger partial charge in [0.1, 0.15) is 6.04 Å². The molecule has 8 nitrogen and oxygen atoms in total. The average molecular weight is 294 g/mol. The number of rotatable bonds is 3. The molecule has 112 valence electrons. The van der Waals surface area contributed by atoms with E-state index < -0.39 is 23.9 Å². The molecule has 1 aromatic carbocycles. The van der Waals surface area contributed by atoms with Gasteiger partial charge in [0.25, 0.3) is 0 Å². The van der Waals surface area contributed by atoms with E-state index in [-0.39, 0.29) is 0 Å². The summed E-state index contributed by atoms with van der Waals surface area (Å²) in [4.78, 5) is 31.9. The van der Waals surface area contributed by atoms with Crippen LogP contribution >= 0.6 is 0 Å². The summed E-state index contributed by atoms with van der Waals surface area (Å²) in [6.45, 7) is 0. The Bertz CT molecular complexity index is 651. The molecule has 0 unspecified atom stereocenters. The fourth-order valence-corrected chi connectivity index (χ4v) is 1.62. The number of carboxylic acids is 3. The molecular weight excluding hydrogens is 280 g/mol. The molecule has 0 fully saturated rings. The highest BCUT2D eigenvalue weighted by atomic mass is 16.4. The van der Waals surface area contributed by atoms with Crippen LogP contribution in [0, 0.1) is 0 Å². The van der Waals surface area contributed by atoms with Gasteiger partial charge in [0.2, 0.25) is 0 Å². The minimum absolute atomic E-state index is 0.347. The molecule has 0 amide bonds. The third-order valence-corrected chi connectivity index (χ3v) is 2.61. The molecule has 0 aliphatic heterocycles. The molecule has 0 bridgehead atoms. The first-order valence-corrected chi connectivity index (χ1v) is 5.82. The van der Waals surface area contributed by atoms with Gasteiger partial charge in [-0.05, 0) is 11.6 Å². The van der Waals surface area contributed by atoms with Crippen LogP contribution in [0.4, 0.5) is 0 Å². The highest BCUT2D eigenvalue weighted by molar-refractivity contribution is 6.27. The van der Waals surface area contributed by atoms with Gasteiger partial charge in [-0.15, -0.1) is 0 Å². The van der Waals surface area contributed by atoms with E-state index in [4.69, 9.17) is 30.6 Å². The number of aromatic amines is 1. The van der Waals surface area contributed by atoms with E-state index in [1.54, 1.807) is 0 Å². The number of carbonyl (C=O) groups is 3. The zero-order valence-electron chi connectivity index (χ0n) is 10.8. The predicted molar refractivity (Wildman–Crippen MR) is 72.9 cm³/mol. The van der Waals surface area contributed by atoms with E-state index in [0.29, 0.717) is 6.42 Å². The van der Waals surface area contributed by atoms with Crippen molar-refractivity contribution in [3.05, 3.63) is 36.0 Å². The van der Waals surface area contributed by atoms with Crippen LogP contribution in [0.15, 0.2) is 30.5 Å². The number of aliphatic carboxylic acids is 3. The van der Waals surface area contributed by atoms with Crippen LogP contribution in [0.3, 0.4) is 0 Å². The lowest BCUT2D eigenvalue weighted by Crippen LogP contribution is -2.32. The smallest absolute Gasteiger partial charge is 0.414 e. The first kappa shape index (κ1) is 16.2. The fraction of sp³-hybridized carbons (Fsp3) is 0.154. The zero-order chi connectivity index (χ0) is 16.0. The summed E-state index contributed by atoms with van der Waals surface area (Å²) in [5.41, 5.74) is 7.43. The van der Waals surface area contributed by atoms with Crippen molar-refractivity contribution < 1.29 is 29.7 Å². The molecule has 0 spiro atoms. The topological polar surface area (TPSA) is 154 Å². The summed E-state index contributed by atoms with van der Waals surface area (Å²) in [5, 5.41) is 24.5. The Hall–Kier alpha value is -2.87. The molecule has 0 aliphatic carbocycles. The third kappa shape index (κ3) is 4.62. The van der Waals surface area contributed by atoms with Gasteiger partial charge in [0, 0.05) is 23.5 Å². The third-order valence-electron chi connectivity index (χ3n) is 2.61. The van der Waals surface area contributed by atoms with E-state index >= 15 is 0 Å². The summed E-state index contributed by atoms with van der Waals surface area (Å²) in [5.74, 6) is -4.62. The van der Waals surface area contributed by atoms with Gasteiger partial charge in [-0.1, -0.05) is 18.2 Å². The van der Waals surface area contributed by atoms with Crippen molar-refractivity contribution in [1.29, 1.82) is 0 Å². The monoisotopic (exact) mass is 294 g/mol. The lowest BCUT2D eigenvalue weighted by molar-refractivity contribution is -0.159. The molecule has 1 atom stereocenters. The lowest BCUT2D eigenvalue weighted by Gasteiger charge is -2.04. The van der Waals surface area contributed by atoms with Gasteiger partial charge < -0.3 is 26.0 Å². The molecule has 21 heavy (non-hydrogen) atoms. The zero-order valence-corrected chi connectivity index (χ0v) is 10.8. The Labute approximate surface area is 118 Å². The van der Waals surface area contributed by atoms with Gasteiger partial charge in [-0.25, -0.2) is 9.59 Å². The molecule has 1 aromatic heterocycles. The van der Waals surface area contributed by atoms with E-state index in [1.807, 2.05) is 30.5 Å². The number of hydrogen-bond donors (Lipinski definition) is 5. The summed E-state index contributed by atoms with van der Waals surface area (Å²) in [6, 6.07) is 6.91. The molecule has 2 rings (SSSR count). The Morgan fingerprint density at radius 1 is 1.10 bits per heavy atom. The van der Waals surface area contributed by atoms with Gasteiger partial charge in [-0.3, -0.25) is 4.79 Å². The molecule has 1 heterocycles. The van der Waals surface area contributed by atoms with Crippen molar-refractivity contribution in [2.24, 2.45) is 5.73 Å². The van der Waals surface area contributed by atoms with Gasteiger partial charge >= 0.3 is 17.9 Å². The maximum absolute atomic E-state index is 10.6. The number of nitrogens with one attached hydrogen (secondary N) is 1. The molecule has 0 radical (unpaired) electrons. The summed E-state index contributed by atoms with van der Waals surface area (Å²) < 4.78 is 0. The van der Waals surface area contributed by atoms with Crippen LogP contribution < -0.4 is 5.73 Å². The standard InChI is InChI=1S/C11H12N2O2.C2H2O4/c12-9(11(14)15)5-7-6-13-10-4-2-1-3-8(7)10;3-1(4)2(5)6/h1-4,6,9,13H,5,12H2,(H,14,15);(H,3,4)(H,5,6)/t9-;/m0./s1. The molecule has 0 saturated carbocycles. The minimum Gasteiger partial charge on any atom is -0.480 e. The molecule has 6 N–H and O–H groups in total. The predicted octanol–water partition coefficient (Wildman–Crippen LogP) is 0.278. The molecule has 8 heteroatoms. The number of benzene rings is 1. The SMILES string of the molecule is N[C@@H](Cc1c[nH]c2ccccc12)C(=O)O.O=C(O)C(=O)O. The second-order valence-corrected chi connectivity index (χ2v) is 4.12. The number of H-pyrrole nitrogens is 1. The van der Waals surface area contributed by atoms with Gasteiger partial charge in [-0.2, -0.15) is 0 Å². The van der Waals surface area contributed by atoms with Crippen molar-refractivity contribution in [2.75, 3.05) is 0 Å². The second-order valence-electron chi connectivity index (χ2n) is 4.12. The van der Waals surface area contributed by atoms with Crippen LogP contribution in [0.25, 0.3) is 10.9 Å². The first-order valence-electron chi connectivity index (χ1n) is 5.82. The van der Waals surface area contributed by atoms with E-state index in [9.17, 15) is 4.79 Å². The summed E-state index contributed by atoms with van der Waals surface area (Å²) in [7, 11) is 0. The van der Waals surface area contributed by atoms with Crippen molar-refractivity contribution in [3.8, 4) is 0 Å². The van der Waals surface area contributed by atoms with Crippen LogP contribution in [0.5, 0.6) is 0 Å². The quantitative estimate of drug-likeness (QED) is 0.509. The van der Waals surface area contributed by atoms with Crippen molar-refractivity contribution >= 4 is 28.8 Å². The molecule has 0 aliphatic rings. The fourth-order valence-electron chi connectivity index (χ4n) is 1.62. The van der Waals surface area contributed by atoms with E-state index in [2.05, 4.69) is 4.98 Å². The highest BCUT2D eigenvalue weighted by Gasteiger charge is 2.14. The normalized spacial score (nSPS) is 11.3. The van der Waals surface area contributed by atoms with Crippen LogP contribution in [-0.4, -0.2) is 44.3 Å². The number of carboxylic acid groups (broad SMARTS) is 3. The van der Waals surface area contributed by atoms with E-state index in [1.165, 1.54) is 0 Å². The largest absolute Gasteiger partial charge is 0.480 e. The maximum atomic E-state index is 10.6. The minimum atomic E-state index is -1.82. The Morgan fingerprint density at radius 3 is 2.19 bits per heavy atom. The summed E-state index contributed by atoms with van der Waals surface area (Å²) >= 11 is 0.